The van der Waals surface area contributed by atoms with Gasteiger partial charge in [0.25, 0.3) is 17.4 Å². The number of aliphatic hydroxyl groups excluding tert-OH is 1. The van der Waals surface area contributed by atoms with Crippen molar-refractivity contribution in [3.8, 4) is 5.75 Å². The molecule has 3 rings (SSSR count). The number of rotatable bonds is 7. The third-order valence-electron chi connectivity index (χ3n) is 5.42. The Balaban J connectivity index is 2.15. The van der Waals surface area contributed by atoms with Crippen molar-refractivity contribution in [3.05, 3.63) is 74.8 Å². The number of methoxy groups -OCH3 is 1. The molecule has 0 radical (unpaired) electrons. The van der Waals surface area contributed by atoms with Gasteiger partial charge in [-0.25, -0.2) is 0 Å². The monoisotopic (exact) mass is 439 g/mol. The molecule has 2 aromatic carbocycles. The highest BCUT2D eigenvalue weighted by atomic mass is 16.6. The average Bonchev–Trinajstić information content (AvgIpc) is 3.01. The van der Waals surface area contributed by atoms with Crippen LogP contribution >= 0.6 is 0 Å². The fourth-order valence-electron chi connectivity index (χ4n) is 3.72. The number of nitrogens with zero attached hydrogens (tertiary/aromatic N) is 3. The van der Waals surface area contributed by atoms with Gasteiger partial charge in [0.05, 0.1) is 23.6 Å². The van der Waals surface area contributed by atoms with Crippen molar-refractivity contribution in [3.63, 3.8) is 0 Å². The zero-order chi connectivity index (χ0) is 23.6. The number of amides is 1. The normalized spacial score (nSPS) is 17.8. The minimum absolute atomic E-state index is 0.0489. The van der Waals surface area contributed by atoms with Crippen LogP contribution in [0, 0.1) is 17.0 Å². The van der Waals surface area contributed by atoms with Crippen molar-refractivity contribution in [1.29, 1.82) is 0 Å². The number of ether oxygens (including phenoxy) is 1. The van der Waals surface area contributed by atoms with Crippen molar-refractivity contribution in [2.24, 2.45) is 0 Å². The number of aryl methyl sites for hydroxylation is 1. The molecule has 1 aliphatic heterocycles. The summed E-state index contributed by atoms with van der Waals surface area (Å²) in [5, 5.41) is 22.1. The average molecular weight is 439 g/mol. The van der Waals surface area contributed by atoms with E-state index in [9.17, 15) is 24.8 Å². The van der Waals surface area contributed by atoms with Crippen LogP contribution in [-0.4, -0.2) is 65.8 Å². The third-order valence-corrected chi connectivity index (χ3v) is 5.42. The van der Waals surface area contributed by atoms with Gasteiger partial charge >= 0.3 is 0 Å². The zero-order valence-electron chi connectivity index (χ0n) is 18.4. The van der Waals surface area contributed by atoms with Crippen LogP contribution in [0.15, 0.2) is 48.0 Å². The van der Waals surface area contributed by atoms with Crippen molar-refractivity contribution in [2.75, 3.05) is 34.3 Å². The SMILES string of the molecule is COc1ccc(C(O)=C2C(=O)C(=O)N(CCN(C)C)[C@@H]2c2ccc([N+](=O)[O-])cc2)cc1C. The number of nitro groups is 1. The Hall–Kier alpha value is -3.72. The first-order chi connectivity index (χ1) is 15.1. The lowest BCUT2D eigenvalue weighted by Crippen LogP contribution is -2.35. The van der Waals surface area contributed by atoms with Crippen LogP contribution in [0.5, 0.6) is 5.75 Å². The van der Waals surface area contributed by atoms with Gasteiger partial charge < -0.3 is 19.6 Å². The van der Waals surface area contributed by atoms with Crippen LogP contribution in [0.25, 0.3) is 5.76 Å². The van der Waals surface area contributed by atoms with Gasteiger partial charge in [0, 0.05) is 30.8 Å². The molecule has 0 aromatic heterocycles. The lowest BCUT2D eigenvalue weighted by molar-refractivity contribution is -0.384. The molecule has 32 heavy (non-hydrogen) atoms. The van der Waals surface area contributed by atoms with E-state index in [-0.39, 0.29) is 23.6 Å². The van der Waals surface area contributed by atoms with E-state index in [0.29, 0.717) is 23.4 Å². The Kier molecular flexibility index (Phi) is 6.59. The summed E-state index contributed by atoms with van der Waals surface area (Å²) in [5.74, 6) is -1.19. The summed E-state index contributed by atoms with van der Waals surface area (Å²) in [6, 6.07) is 9.74. The van der Waals surface area contributed by atoms with Crippen LogP contribution in [0.2, 0.25) is 0 Å². The highest BCUT2D eigenvalue weighted by Gasteiger charge is 2.46. The van der Waals surface area contributed by atoms with Crippen LogP contribution in [0.1, 0.15) is 22.7 Å². The summed E-state index contributed by atoms with van der Waals surface area (Å²) >= 11 is 0. The molecule has 1 saturated heterocycles. The highest BCUT2D eigenvalue weighted by Crippen LogP contribution is 2.40. The fourth-order valence-corrected chi connectivity index (χ4v) is 3.72. The van der Waals surface area contributed by atoms with Gasteiger partial charge in [-0.15, -0.1) is 0 Å². The number of carbonyl (C=O) groups excluding carboxylic acids is 2. The molecule has 0 saturated carbocycles. The van der Waals surface area contributed by atoms with Crippen LogP contribution in [0.3, 0.4) is 0 Å². The number of carbonyl (C=O) groups is 2. The Bertz CT molecular complexity index is 1090. The van der Waals surface area contributed by atoms with Crippen molar-refractivity contribution < 1.29 is 24.4 Å². The van der Waals surface area contributed by atoms with E-state index < -0.39 is 22.7 Å². The summed E-state index contributed by atoms with van der Waals surface area (Å²) in [4.78, 5) is 39.7. The molecule has 0 unspecified atom stereocenters. The molecule has 1 N–H and O–H groups in total. The molecule has 1 heterocycles. The summed E-state index contributed by atoms with van der Waals surface area (Å²) in [7, 11) is 5.22. The second kappa shape index (κ2) is 9.19. The number of hydrogen-bond donors (Lipinski definition) is 1. The quantitative estimate of drug-likeness (QED) is 0.232. The zero-order valence-corrected chi connectivity index (χ0v) is 18.4. The minimum Gasteiger partial charge on any atom is -0.507 e. The standard InChI is InChI=1S/C23H25N3O6/c1-14-13-16(7-10-18(14)32-4)21(27)19-20(15-5-8-17(9-6-15)26(30)31)25(12-11-24(2)3)23(29)22(19)28/h5-10,13,20,27H,11-12H2,1-4H3/t20-/m1/s1. The molecule has 1 fully saturated rings. The molecule has 2 aromatic rings. The molecular formula is C23H25N3O6. The number of benzene rings is 2. The van der Waals surface area contributed by atoms with Crippen molar-refractivity contribution >= 4 is 23.1 Å². The maximum atomic E-state index is 13.0. The largest absolute Gasteiger partial charge is 0.507 e. The molecule has 0 aliphatic carbocycles. The van der Waals surface area contributed by atoms with E-state index in [1.54, 1.807) is 25.1 Å². The van der Waals surface area contributed by atoms with E-state index in [2.05, 4.69) is 0 Å². The van der Waals surface area contributed by atoms with Gasteiger partial charge in [-0.05, 0) is 62.5 Å². The number of hydrogen-bond acceptors (Lipinski definition) is 7. The van der Waals surface area contributed by atoms with Crippen LogP contribution < -0.4 is 4.74 Å². The Morgan fingerprint density at radius 3 is 2.38 bits per heavy atom. The lowest BCUT2D eigenvalue weighted by Gasteiger charge is -2.26. The van der Waals surface area contributed by atoms with Gasteiger partial charge in [0.15, 0.2) is 0 Å². The molecule has 1 atom stereocenters. The fraction of sp³-hybridized carbons (Fsp3) is 0.304. The molecule has 0 spiro atoms. The second-order valence-electron chi connectivity index (χ2n) is 7.83. The van der Waals surface area contributed by atoms with Gasteiger partial charge in [-0.1, -0.05) is 0 Å². The highest BCUT2D eigenvalue weighted by molar-refractivity contribution is 6.46. The van der Waals surface area contributed by atoms with Gasteiger partial charge in [-0.2, -0.15) is 0 Å². The second-order valence-corrected chi connectivity index (χ2v) is 7.83. The van der Waals surface area contributed by atoms with Crippen molar-refractivity contribution in [1.82, 2.24) is 9.80 Å². The van der Waals surface area contributed by atoms with Crippen LogP contribution in [-0.2, 0) is 9.59 Å². The predicted octanol–water partition coefficient (Wildman–Crippen LogP) is 2.90. The predicted molar refractivity (Wildman–Crippen MR) is 118 cm³/mol. The van der Waals surface area contributed by atoms with E-state index in [0.717, 1.165) is 5.56 Å². The summed E-state index contributed by atoms with van der Waals surface area (Å²) in [6.07, 6.45) is 0. The maximum absolute atomic E-state index is 13.0. The molecular weight excluding hydrogens is 414 g/mol. The molecule has 168 valence electrons. The first-order valence-electron chi connectivity index (χ1n) is 9.98. The first-order valence-corrected chi connectivity index (χ1v) is 9.98. The summed E-state index contributed by atoms with van der Waals surface area (Å²) in [5.41, 5.74) is 1.48. The summed E-state index contributed by atoms with van der Waals surface area (Å²) in [6.45, 7) is 2.55. The van der Waals surface area contributed by atoms with Gasteiger partial charge in [-0.3, -0.25) is 19.7 Å². The van der Waals surface area contributed by atoms with E-state index in [1.165, 1.54) is 36.3 Å². The smallest absolute Gasteiger partial charge is 0.295 e. The minimum atomic E-state index is -0.863. The van der Waals surface area contributed by atoms with Gasteiger partial charge in [0.1, 0.15) is 11.5 Å². The number of ketones is 1. The number of nitro benzene ring substituents is 1. The third kappa shape index (κ3) is 4.33. The topological polar surface area (TPSA) is 113 Å². The Morgan fingerprint density at radius 1 is 1.19 bits per heavy atom. The van der Waals surface area contributed by atoms with E-state index >= 15 is 0 Å². The molecule has 9 nitrogen and oxygen atoms in total. The Morgan fingerprint density at radius 2 is 1.84 bits per heavy atom. The number of aliphatic hydroxyl groups is 1. The molecule has 0 bridgehead atoms. The number of Topliss-reactive ketones (excluding diaryl/α,β-unsaturated/α-hetero) is 1. The molecule has 9 heteroatoms. The van der Waals surface area contributed by atoms with E-state index in [1.807, 2.05) is 19.0 Å². The molecule has 1 amide bonds. The van der Waals surface area contributed by atoms with Crippen LogP contribution in [0.4, 0.5) is 5.69 Å². The number of likely N-dealkylation sites (N-methyl/N-ethyl adjacent to an activating group) is 1. The summed E-state index contributed by atoms with van der Waals surface area (Å²) < 4.78 is 5.25. The first kappa shape index (κ1) is 23.0. The van der Waals surface area contributed by atoms with Gasteiger partial charge in [0.2, 0.25) is 0 Å². The maximum Gasteiger partial charge on any atom is 0.295 e. The molecule has 1 aliphatic rings. The lowest BCUT2D eigenvalue weighted by atomic mass is 9.94. The number of likely N-dealkylation sites (tertiary alicyclic amines) is 1. The van der Waals surface area contributed by atoms with Crippen molar-refractivity contribution in [2.45, 2.75) is 13.0 Å². The van der Waals surface area contributed by atoms with E-state index in [4.69, 9.17) is 4.74 Å². The number of non-ortho nitro benzene ring substituents is 1. The Labute approximate surface area is 185 Å².